The molecule has 0 aliphatic heterocycles. The fourth-order valence-electron chi connectivity index (χ4n) is 0.999. The fourth-order valence-corrected chi connectivity index (χ4v) is 0.999. The molecule has 66 valence electrons. The van der Waals surface area contributed by atoms with Crippen LogP contribution in [0.5, 0.6) is 0 Å². The molecule has 0 amide bonds. The van der Waals surface area contributed by atoms with Crippen LogP contribution in [0, 0.1) is 13.8 Å². The Hall–Kier alpha value is -1.52. The van der Waals surface area contributed by atoms with Crippen molar-refractivity contribution >= 4 is 5.97 Å². The highest BCUT2D eigenvalue weighted by Crippen LogP contribution is 1.98. The van der Waals surface area contributed by atoms with Crippen molar-refractivity contribution in [3.8, 4) is 0 Å². The molecule has 1 heterocycles. The van der Waals surface area contributed by atoms with Gasteiger partial charge >= 0.3 is 11.7 Å². The summed E-state index contributed by atoms with van der Waals surface area (Å²) in [7, 11) is 0. The predicted octanol–water partition coefficient (Wildman–Crippen LogP) is -0.122. The van der Waals surface area contributed by atoms with Gasteiger partial charge in [0.25, 0.3) is 0 Å². The van der Waals surface area contributed by atoms with Crippen LogP contribution in [0.3, 0.4) is 0 Å². The van der Waals surface area contributed by atoms with E-state index in [2.05, 4.69) is 4.98 Å². The van der Waals surface area contributed by atoms with Crippen molar-refractivity contribution in [2.75, 3.05) is 0 Å². The van der Waals surface area contributed by atoms with Crippen LogP contribution in [0.1, 0.15) is 11.4 Å². The molecule has 0 aliphatic carbocycles. The standard InChI is InChI=1S/C7H10N2O3/c1-4-5(2)9(3-6(10)11)7(12)8-4/h3H2,1-2H3,(H,8,12)(H,10,11). The quantitative estimate of drug-likeness (QED) is 0.649. The molecule has 0 fully saturated rings. The Kier molecular flexibility index (Phi) is 2.03. The average Bonchev–Trinajstić information content (AvgIpc) is 2.16. The molecule has 0 saturated carbocycles. The Morgan fingerprint density at radius 2 is 2.17 bits per heavy atom. The third-order valence-electron chi connectivity index (χ3n) is 1.78. The van der Waals surface area contributed by atoms with Gasteiger partial charge in [-0.3, -0.25) is 9.36 Å². The first-order valence-corrected chi connectivity index (χ1v) is 3.50. The summed E-state index contributed by atoms with van der Waals surface area (Å²) in [5, 5.41) is 8.45. The third kappa shape index (κ3) is 1.39. The van der Waals surface area contributed by atoms with Crippen molar-refractivity contribution in [2.45, 2.75) is 20.4 Å². The van der Waals surface area contributed by atoms with Gasteiger partial charge in [0, 0.05) is 11.4 Å². The van der Waals surface area contributed by atoms with Crippen molar-refractivity contribution in [3.05, 3.63) is 21.9 Å². The number of carbonyl (C=O) groups is 1. The van der Waals surface area contributed by atoms with Crippen LogP contribution in [0.4, 0.5) is 0 Å². The monoisotopic (exact) mass is 170 g/mol. The highest BCUT2D eigenvalue weighted by molar-refractivity contribution is 5.66. The van der Waals surface area contributed by atoms with E-state index >= 15 is 0 Å². The molecule has 0 unspecified atom stereocenters. The first-order chi connectivity index (χ1) is 5.52. The number of aromatic nitrogens is 2. The van der Waals surface area contributed by atoms with Crippen LogP contribution in [-0.2, 0) is 11.3 Å². The molecule has 0 aromatic carbocycles. The number of hydrogen-bond acceptors (Lipinski definition) is 2. The van der Waals surface area contributed by atoms with Gasteiger partial charge in [-0.1, -0.05) is 0 Å². The van der Waals surface area contributed by atoms with Gasteiger partial charge in [0.1, 0.15) is 6.54 Å². The Balaban J connectivity index is 3.14. The smallest absolute Gasteiger partial charge is 0.326 e. The van der Waals surface area contributed by atoms with Crippen LogP contribution in [0.25, 0.3) is 0 Å². The van der Waals surface area contributed by atoms with Crippen LogP contribution < -0.4 is 5.69 Å². The normalized spacial score (nSPS) is 10.2. The molecule has 5 heteroatoms. The minimum atomic E-state index is -1.01. The van der Waals surface area contributed by atoms with Gasteiger partial charge in [0.05, 0.1) is 0 Å². The number of aliphatic carboxylic acids is 1. The summed E-state index contributed by atoms with van der Waals surface area (Å²) in [5.41, 5.74) is 1.01. The van der Waals surface area contributed by atoms with Crippen LogP contribution in [0.2, 0.25) is 0 Å². The first-order valence-electron chi connectivity index (χ1n) is 3.50. The van der Waals surface area contributed by atoms with E-state index in [1.165, 1.54) is 4.57 Å². The minimum Gasteiger partial charge on any atom is -0.480 e. The molecule has 5 nitrogen and oxygen atoms in total. The van der Waals surface area contributed by atoms with Gasteiger partial charge in [-0.15, -0.1) is 0 Å². The molecule has 0 bridgehead atoms. The van der Waals surface area contributed by atoms with Crippen LogP contribution in [0.15, 0.2) is 4.79 Å². The van der Waals surface area contributed by atoms with E-state index in [1.54, 1.807) is 13.8 Å². The number of carboxylic acid groups (broad SMARTS) is 1. The highest BCUT2D eigenvalue weighted by atomic mass is 16.4. The Bertz CT molecular complexity index is 361. The molecule has 1 rings (SSSR count). The molecule has 0 spiro atoms. The SMILES string of the molecule is Cc1[nH]c(=O)n(CC(=O)O)c1C. The van der Waals surface area contributed by atoms with Crippen molar-refractivity contribution in [2.24, 2.45) is 0 Å². The molecule has 1 aromatic heterocycles. The molecular weight excluding hydrogens is 160 g/mol. The molecule has 2 N–H and O–H groups in total. The maximum absolute atomic E-state index is 11.0. The number of hydrogen-bond donors (Lipinski definition) is 2. The Labute approximate surface area is 68.6 Å². The first kappa shape index (κ1) is 8.58. The van der Waals surface area contributed by atoms with E-state index in [4.69, 9.17) is 5.11 Å². The van der Waals surface area contributed by atoms with E-state index in [1.807, 2.05) is 0 Å². The molecule has 0 atom stereocenters. The number of nitrogens with one attached hydrogen (secondary N) is 1. The van der Waals surface area contributed by atoms with E-state index < -0.39 is 5.97 Å². The topological polar surface area (TPSA) is 75.1 Å². The van der Waals surface area contributed by atoms with Crippen molar-refractivity contribution in [3.63, 3.8) is 0 Å². The maximum atomic E-state index is 11.0. The zero-order chi connectivity index (χ0) is 9.30. The van der Waals surface area contributed by atoms with E-state index in [0.717, 1.165) is 0 Å². The van der Waals surface area contributed by atoms with E-state index in [-0.39, 0.29) is 12.2 Å². The molecule has 0 aliphatic rings. The van der Waals surface area contributed by atoms with Gasteiger partial charge in [0.15, 0.2) is 0 Å². The van der Waals surface area contributed by atoms with Gasteiger partial charge in [-0.05, 0) is 13.8 Å². The summed E-state index contributed by atoms with van der Waals surface area (Å²) in [6, 6.07) is 0. The second-order valence-electron chi connectivity index (χ2n) is 2.62. The second-order valence-corrected chi connectivity index (χ2v) is 2.62. The maximum Gasteiger partial charge on any atom is 0.326 e. The zero-order valence-electron chi connectivity index (χ0n) is 6.92. The van der Waals surface area contributed by atoms with Crippen LogP contribution >= 0.6 is 0 Å². The van der Waals surface area contributed by atoms with Crippen molar-refractivity contribution in [1.82, 2.24) is 9.55 Å². The highest BCUT2D eigenvalue weighted by Gasteiger charge is 2.08. The lowest BCUT2D eigenvalue weighted by atomic mass is 10.4. The lowest BCUT2D eigenvalue weighted by Crippen LogP contribution is -2.22. The summed E-state index contributed by atoms with van der Waals surface area (Å²) in [6.07, 6.45) is 0. The van der Waals surface area contributed by atoms with E-state index in [9.17, 15) is 9.59 Å². The zero-order valence-corrected chi connectivity index (χ0v) is 6.92. The average molecular weight is 170 g/mol. The lowest BCUT2D eigenvalue weighted by Gasteiger charge is -1.98. The molecule has 1 aromatic rings. The number of aryl methyl sites for hydroxylation is 1. The Morgan fingerprint density at radius 3 is 2.50 bits per heavy atom. The lowest BCUT2D eigenvalue weighted by molar-refractivity contribution is -0.137. The van der Waals surface area contributed by atoms with Crippen molar-refractivity contribution < 1.29 is 9.90 Å². The predicted molar refractivity (Wildman–Crippen MR) is 42.2 cm³/mol. The number of H-pyrrole nitrogens is 1. The fraction of sp³-hybridized carbons (Fsp3) is 0.429. The summed E-state index contributed by atoms with van der Waals surface area (Å²) in [5.74, 6) is -1.01. The van der Waals surface area contributed by atoms with E-state index in [0.29, 0.717) is 11.4 Å². The molecule has 0 radical (unpaired) electrons. The molecular formula is C7H10N2O3. The Morgan fingerprint density at radius 1 is 1.58 bits per heavy atom. The number of carboxylic acids is 1. The van der Waals surface area contributed by atoms with Crippen molar-refractivity contribution in [1.29, 1.82) is 0 Å². The number of rotatable bonds is 2. The summed E-state index contributed by atoms with van der Waals surface area (Å²) in [6.45, 7) is 3.15. The summed E-state index contributed by atoms with van der Waals surface area (Å²) < 4.78 is 1.19. The van der Waals surface area contributed by atoms with Gasteiger partial charge in [0.2, 0.25) is 0 Å². The van der Waals surface area contributed by atoms with Gasteiger partial charge < -0.3 is 10.1 Å². The van der Waals surface area contributed by atoms with Crippen LogP contribution in [-0.4, -0.2) is 20.6 Å². The molecule has 0 saturated heterocycles. The van der Waals surface area contributed by atoms with Gasteiger partial charge in [-0.2, -0.15) is 0 Å². The van der Waals surface area contributed by atoms with Gasteiger partial charge in [-0.25, -0.2) is 4.79 Å². The molecule has 12 heavy (non-hydrogen) atoms. The number of imidazole rings is 1. The summed E-state index contributed by atoms with van der Waals surface area (Å²) >= 11 is 0. The number of nitrogens with zero attached hydrogens (tertiary/aromatic N) is 1. The number of aromatic amines is 1. The summed E-state index contributed by atoms with van der Waals surface area (Å²) in [4.78, 5) is 23.9. The largest absolute Gasteiger partial charge is 0.480 e. The third-order valence-corrected chi connectivity index (χ3v) is 1.78. The minimum absolute atomic E-state index is 0.283. The second kappa shape index (κ2) is 2.84.